The summed E-state index contributed by atoms with van der Waals surface area (Å²) in [5.41, 5.74) is 0.826. The van der Waals surface area contributed by atoms with Crippen molar-refractivity contribution in [1.82, 2.24) is 14.9 Å². The average molecular weight is 260 g/mol. The van der Waals surface area contributed by atoms with Crippen molar-refractivity contribution >= 4 is 5.82 Å². The zero-order valence-electron chi connectivity index (χ0n) is 10.2. The van der Waals surface area contributed by atoms with Crippen LogP contribution in [0, 0.1) is 6.92 Å². The number of hydrogen-bond donors (Lipinski definition) is 1. The number of aryl methyl sites for hydroxylation is 1. The van der Waals surface area contributed by atoms with Gasteiger partial charge in [-0.1, -0.05) is 0 Å². The molecule has 4 nitrogen and oxygen atoms in total. The van der Waals surface area contributed by atoms with Crippen molar-refractivity contribution in [2.45, 2.75) is 32.1 Å². The molecule has 2 rings (SSSR count). The summed E-state index contributed by atoms with van der Waals surface area (Å²) in [5, 5.41) is 3.10. The van der Waals surface area contributed by atoms with Crippen LogP contribution < -0.4 is 5.32 Å². The summed E-state index contributed by atoms with van der Waals surface area (Å²) in [7, 11) is 0. The number of nitrogens with zero attached hydrogens (tertiary/aromatic N) is 3. The molecule has 0 spiro atoms. The molecule has 0 saturated carbocycles. The number of alkyl halides is 3. The van der Waals surface area contributed by atoms with E-state index in [0.29, 0.717) is 18.9 Å². The molecule has 1 saturated heterocycles. The monoisotopic (exact) mass is 260 g/mol. The first-order chi connectivity index (χ1) is 8.36. The summed E-state index contributed by atoms with van der Waals surface area (Å²) in [6.45, 7) is 3.78. The van der Waals surface area contributed by atoms with E-state index in [4.69, 9.17) is 0 Å². The number of hydrogen-bond acceptors (Lipinski definition) is 4. The van der Waals surface area contributed by atoms with Gasteiger partial charge >= 0.3 is 6.18 Å². The molecule has 1 aliphatic rings. The summed E-state index contributed by atoms with van der Waals surface area (Å²) in [6.07, 6.45) is -2.72. The van der Waals surface area contributed by atoms with Crippen LogP contribution in [0.1, 0.15) is 12.6 Å². The molecule has 0 bridgehead atoms. The van der Waals surface area contributed by atoms with E-state index in [0.717, 1.165) is 5.69 Å². The lowest BCUT2D eigenvalue weighted by Gasteiger charge is -2.43. The minimum atomic E-state index is -4.16. The van der Waals surface area contributed by atoms with Crippen molar-refractivity contribution in [3.63, 3.8) is 0 Å². The Balaban J connectivity index is 1.83. The lowest BCUT2D eigenvalue weighted by atomic mass is 10.1. The quantitative estimate of drug-likeness (QED) is 0.900. The largest absolute Gasteiger partial charge is 0.403 e. The first-order valence-corrected chi connectivity index (χ1v) is 5.72. The standard InChI is InChI=1S/C11H15F3N4/c1-7-3-10(16-6-15-7)17-9-4-18(5-9)8(2)11(12,13)14/h3,6,8-9H,4-5H2,1-2H3,(H,15,16,17). The molecule has 0 aliphatic carbocycles. The van der Waals surface area contributed by atoms with Gasteiger partial charge in [0.1, 0.15) is 18.2 Å². The number of likely N-dealkylation sites (tertiary alicyclic amines) is 1. The van der Waals surface area contributed by atoms with E-state index >= 15 is 0 Å². The zero-order valence-corrected chi connectivity index (χ0v) is 10.2. The molecule has 1 unspecified atom stereocenters. The SMILES string of the molecule is Cc1cc(NC2CN(C(C)C(F)(F)F)C2)ncn1. The van der Waals surface area contributed by atoms with Crippen LogP contribution in [-0.2, 0) is 0 Å². The van der Waals surface area contributed by atoms with Crippen LogP contribution in [0.2, 0.25) is 0 Å². The maximum atomic E-state index is 12.4. The van der Waals surface area contributed by atoms with Crippen LogP contribution in [0.3, 0.4) is 0 Å². The van der Waals surface area contributed by atoms with Crippen molar-refractivity contribution in [2.75, 3.05) is 18.4 Å². The lowest BCUT2D eigenvalue weighted by Crippen LogP contribution is -2.61. The Kier molecular flexibility index (Phi) is 3.43. The first-order valence-electron chi connectivity index (χ1n) is 5.72. The molecule has 1 aromatic heterocycles. The summed E-state index contributed by atoms with van der Waals surface area (Å²) >= 11 is 0. The number of halogens is 3. The van der Waals surface area contributed by atoms with E-state index in [9.17, 15) is 13.2 Å². The Hall–Kier alpha value is -1.37. The second-order valence-corrected chi connectivity index (χ2v) is 4.56. The van der Waals surface area contributed by atoms with E-state index in [-0.39, 0.29) is 6.04 Å². The van der Waals surface area contributed by atoms with Gasteiger partial charge in [-0.25, -0.2) is 9.97 Å². The predicted molar refractivity (Wildman–Crippen MR) is 61.3 cm³/mol. The van der Waals surface area contributed by atoms with E-state index in [1.165, 1.54) is 18.2 Å². The molecular weight excluding hydrogens is 245 g/mol. The molecule has 18 heavy (non-hydrogen) atoms. The van der Waals surface area contributed by atoms with Crippen LogP contribution in [0.15, 0.2) is 12.4 Å². The molecule has 1 aromatic rings. The van der Waals surface area contributed by atoms with Crippen LogP contribution in [0.5, 0.6) is 0 Å². The minimum absolute atomic E-state index is 0.0177. The summed E-state index contributed by atoms with van der Waals surface area (Å²) in [4.78, 5) is 9.37. The van der Waals surface area contributed by atoms with Gasteiger partial charge < -0.3 is 5.32 Å². The fourth-order valence-electron chi connectivity index (χ4n) is 1.87. The van der Waals surface area contributed by atoms with Gasteiger partial charge in [0, 0.05) is 24.8 Å². The Labute approximate surface area is 103 Å². The number of anilines is 1. The van der Waals surface area contributed by atoms with Crippen molar-refractivity contribution in [2.24, 2.45) is 0 Å². The van der Waals surface area contributed by atoms with Gasteiger partial charge in [-0.15, -0.1) is 0 Å². The fraction of sp³-hybridized carbons (Fsp3) is 0.636. The van der Waals surface area contributed by atoms with Crippen LogP contribution in [0.25, 0.3) is 0 Å². The van der Waals surface area contributed by atoms with Crippen molar-refractivity contribution < 1.29 is 13.2 Å². The third-order valence-electron chi connectivity index (χ3n) is 3.09. The number of rotatable bonds is 3. The molecule has 0 aromatic carbocycles. The Morgan fingerprint density at radius 1 is 1.39 bits per heavy atom. The van der Waals surface area contributed by atoms with Crippen molar-refractivity contribution in [1.29, 1.82) is 0 Å². The van der Waals surface area contributed by atoms with Gasteiger partial charge in [-0.2, -0.15) is 13.2 Å². The lowest BCUT2D eigenvalue weighted by molar-refractivity contribution is -0.188. The molecular formula is C11H15F3N4. The predicted octanol–water partition coefficient (Wildman–Crippen LogP) is 1.83. The third-order valence-corrected chi connectivity index (χ3v) is 3.09. The fourth-order valence-corrected chi connectivity index (χ4v) is 1.87. The van der Waals surface area contributed by atoms with Crippen LogP contribution >= 0.6 is 0 Å². The molecule has 100 valence electrons. The topological polar surface area (TPSA) is 41.0 Å². The van der Waals surface area contributed by atoms with Gasteiger partial charge in [0.15, 0.2) is 0 Å². The van der Waals surface area contributed by atoms with Gasteiger partial charge in [0.2, 0.25) is 0 Å². The first kappa shape index (κ1) is 13.1. The molecule has 1 aliphatic heterocycles. The molecule has 2 heterocycles. The second-order valence-electron chi connectivity index (χ2n) is 4.56. The Bertz CT molecular complexity index is 415. The molecule has 1 fully saturated rings. The van der Waals surface area contributed by atoms with E-state index in [1.807, 2.05) is 6.92 Å². The highest BCUT2D eigenvalue weighted by Gasteiger charge is 2.44. The Morgan fingerprint density at radius 2 is 2.06 bits per heavy atom. The Morgan fingerprint density at radius 3 is 2.61 bits per heavy atom. The molecule has 7 heteroatoms. The maximum Gasteiger partial charge on any atom is 0.403 e. The molecule has 1 atom stereocenters. The van der Waals surface area contributed by atoms with E-state index in [2.05, 4.69) is 15.3 Å². The van der Waals surface area contributed by atoms with Gasteiger partial charge in [0.25, 0.3) is 0 Å². The van der Waals surface area contributed by atoms with Gasteiger partial charge in [-0.05, 0) is 13.8 Å². The normalized spacial score (nSPS) is 19.4. The highest BCUT2D eigenvalue weighted by molar-refractivity contribution is 5.36. The van der Waals surface area contributed by atoms with Crippen molar-refractivity contribution in [3.8, 4) is 0 Å². The smallest absolute Gasteiger partial charge is 0.365 e. The van der Waals surface area contributed by atoms with Gasteiger partial charge in [-0.3, -0.25) is 4.90 Å². The highest BCUT2D eigenvalue weighted by Crippen LogP contribution is 2.28. The highest BCUT2D eigenvalue weighted by atomic mass is 19.4. The van der Waals surface area contributed by atoms with Crippen molar-refractivity contribution in [3.05, 3.63) is 18.1 Å². The zero-order chi connectivity index (χ0) is 13.3. The van der Waals surface area contributed by atoms with E-state index < -0.39 is 12.2 Å². The van der Waals surface area contributed by atoms with E-state index in [1.54, 1.807) is 6.07 Å². The molecule has 1 N–H and O–H groups in total. The van der Waals surface area contributed by atoms with Crippen LogP contribution in [-0.4, -0.2) is 46.2 Å². The summed E-state index contributed by atoms with van der Waals surface area (Å²) < 4.78 is 37.3. The number of aromatic nitrogens is 2. The average Bonchev–Trinajstić information content (AvgIpc) is 2.20. The van der Waals surface area contributed by atoms with Crippen LogP contribution in [0.4, 0.5) is 19.0 Å². The second kappa shape index (κ2) is 4.72. The molecule has 0 amide bonds. The summed E-state index contributed by atoms with van der Waals surface area (Å²) in [5.74, 6) is 0.659. The van der Waals surface area contributed by atoms with Gasteiger partial charge in [0.05, 0.1) is 6.04 Å². The summed E-state index contributed by atoms with van der Waals surface area (Å²) in [6, 6.07) is 0.405. The minimum Gasteiger partial charge on any atom is -0.365 e. The maximum absolute atomic E-state index is 12.4. The number of nitrogens with one attached hydrogen (secondary N) is 1. The third kappa shape index (κ3) is 2.90. The molecule has 0 radical (unpaired) electrons.